The summed E-state index contributed by atoms with van der Waals surface area (Å²) in [4.78, 5) is 26.3. The molecule has 124 valence electrons. The number of nitrogens with one attached hydrogen (secondary N) is 1. The summed E-state index contributed by atoms with van der Waals surface area (Å²) in [5, 5.41) is 11.4. The summed E-state index contributed by atoms with van der Waals surface area (Å²) in [6.45, 7) is 1.12. The maximum absolute atomic E-state index is 12.5. The Morgan fingerprint density at radius 1 is 1.30 bits per heavy atom. The van der Waals surface area contributed by atoms with Gasteiger partial charge in [0.15, 0.2) is 18.5 Å². The molecule has 0 aromatic heterocycles. The highest BCUT2D eigenvalue weighted by Crippen LogP contribution is 2.28. The Kier molecular flexibility index (Phi) is 4.90. The molecule has 0 radical (unpaired) electrons. The molecule has 3 rings (SSSR count). The lowest BCUT2D eigenvalue weighted by Gasteiger charge is -2.30. The van der Waals surface area contributed by atoms with Crippen molar-refractivity contribution >= 4 is 11.8 Å². The van der Waals surface area contributed by atoms with Gasteiger partial charge in [0.1, 0.15) is 0 Å². The number of hydrogen-bond acceptors (Lipinski definition) is 5. The summed E-state index contributed by atoms with van der Waals surface area (Å²) in [5.41, 5.74) is 1.02. The number of morpholine rings is 1. The summed E-state index contributed by atoms with van der Waals surface area (Å²) in [6, 6.07) is 9.66. The van der Waals surface area contributed by atoms with Crippen molar-refractivity contribution < 1.29 is 24.2 Å². The van der Waals surface area contributed by atoms with Crippen molar-refractivity contribution in [2.75, 3.05) is 19.7 Å². The number of rotatable bonds is 6. The molecule has 2 aliphatic heterocycles. The van der Waals surface area contributed by atoms with Gasteiger partial charge in [0.2, 0.25) is 0 Å². The van der Waals surface area contributed by atoms with Gasteiger partial charge in [-0.2, -0.15) is 0 Å². The van der Waals surface area contributed by atoms with Crippen LogP contribution in [0.5, 0.6) is 0 Å². The summed E-state index contributed by atoms with van der Waals surface area (Å²) in [5.74, 6) is -0.606. The molecule has 23 heavy (non-hydrogen) atoms. The molecule has 0 unspecified atom stereocenters. The van der Waals surface area contributed by atoms with Crippen LogP contribution < -0.4 is 5.32 Å². The molecule has 1 aromatic rings. The number of aliphatic hydroxyl groups is 1. The van der Waals surface area contributed by atoms with E-state index in [1.807, 2.05) is 30.3 Å². The molecule has 0 saturated carbocycles. The van der Waals surface area contributed by atoms with E-state index in [1.165, 1.54) is 0 Å². The zero-order valence-electron chi connectivity index (χ0n) is 12.7. The van der Waals surface area contributed by atoms with Gasteiger partial charge in [0, 0.05) is 19.7 Å². The van der Waals surface area contributed by atoms with Crippen LogP contribution in [0.1, 0.15) is 12.0 Å². The van der Waals surface area contributed by atoms with Gasteiger partial charge in [0.05, 0.1) is 6.54 Å². The summed E-state index contributed by atoms with van der Waals surface area (Å²) in [6.07, 6.45) is -1.94. The van der Waals surface area contributed by atoms with Crippen LogP contribution in [0.2, 0.25) is 0 Å². The van der Waals surface area contributed by atoms with Gasteiger partial charge < -0.3 is 24.8 Å². The van der Waals surface area contributed by atoms with Crippen LogP contribution in [0.4, 0.5) is 0 Å². The normalized spacial score (nSPS) is 26.4. The lowest BCUT2D eigenvalue weighted by molar-refractivity contribution is -0.162. The summed E-state index contributed by atoms with van der Waals surface area (Å²) < 4.78 is 11.1. The zero-order chi connectivity index (χ0) is 16.2. The number of fused-ring (bicyclic) bond motifs is 2. The fourth-order valence-corrected chi connectivity index (χ4v) is 2.76. The Balaban J connectivity index is 1.63. The van der Waals surface area contributed by atoms with Crippen LogP contribution in [0.15, 0.2) is 30.3 Å². The van der Waals surface area contributed by atoms with Crippen molar-refractivity contribution in [3.05, 3.63) is 35.9 Å². The van der Waals surface area contributed by atoms with Gasteiger partial charge in [-0.3, -0.25) is 9.59 Å². The third-order valence-corrected chi connectivity index (χ3v) is 3.91. The number of carbonyl (C=O) groups is 2. The van der Waals surface area contributed by atoms with Crippen LogP contribution in [0, 0.1) is 0 Å². The fourth-order valence-electron chi connectivity index (χ4n) is 2.76. The Bertz CT molecular complexity index is 565. The minimum absolute atomic E-state index is 0.00184. The summed E-state index contributed by atoms with van der Waals surface area (Å²) in [7, 11) is 0. The third-order valence-electron chi connectivity index (χ3n) is 3.91. The highest BCUT2D eigenvalue weighted by molar-refractivity contribution is 5.92. The lowest BCUT2D eigenvalue weighted by atomic mass is 10.1. The van der Waals surface area contributed by atoms with Gasteiger partial charge in [-0.15, -0.1) is 0 Å². The van der Waals surface area contributed by atoms with E-state index >= 15 is 0 Å². The molecule has 3 atom stereocenters. The van der Waals surface area contributed by atoms with Crippen molar-refractivity contribution in [3.63, 3.8) is 0 Å². The average Bonchev–Trinajstić information content (AvgIpc) is 2.93. The second kappa shape index (κ2) is 7.08. The highest BCUT2D eigenvalue weighted by atomic mass is 16.7. The maximum Gasteiger partial charge on any atom is 0.255 e. The Labute approximate surface area is 134 Å². The molecule has 2 aliphatic rings. The monoisotopic (exact) mass is 320 g/mol. The van der Waals surface area contributed by atoms with Crippen LogP contribution in [0.25, 0.3) is 0 Å². The maximum atomic E-state index is 12.5. The number of aliphatic hydroxyl groups excluding tert-OH is 1. The second-order valence-corrected chi connectivity index (χ2v) is 5.62. The Hall–Kier alpha value is -1.96. The van der Waals surface area contributed by atoms with Gasteiger partial charge in [-0.25, -0.2) is 0 Å². The van der Waals surface area contributed by atoms with E-state index < -0.39 is 18.5 Å². The van der Waals surface area contributed by atoms with Crippen LogP contribution >= 0.6 is 0 Å². The van der Waals surface area contributed by atoms with E-state index in [9.17, 15) is 9.59 Å². The van der Waals surface area contributed by atoms with Crippen LogP contribution in [-0.2, 0) is 25.6 Å². The topological polar surface area (TPSA) is 88.1 Å². The molecular weight excluding hydrogens is 300 g/mol. The van der Waals surface area contributed by atoms with Crippen molar-refractivity contribution in [1.29, 1.82) is 0 Å². The van der Waals surface area contributed by atoms with Gasteiger partial charge in [-0.1, -0.05) is 30.3 Å². The number of hydrogen-bond donors (Lipinski definition) is 2. The second-order valence-electron chi connectivity index (χ2n) is 5.62. The predicted octanol–water partition coefficient (Wildman–Crippen LogP) is -0.362. The zero-order valence-corrected chi connectivity index (χ0v) is 12.7. The molecule has 2 N–H and O–H groups in total. The first-order valence-corrected chi connectivity index (χ1v) is 7.71. The lowest BCUT2D eigenvalue weighted by Crippen LogP contribution is -2.51. The first-order chi connectivity index (χ1) is 11.2. The number of ether oxygens (including phenoxy) is 2. The fraction of sp³-hybridized carbons (Fsp3) is 0.500. The quantitative estimate of drug-likeness (QED) is 0.699. The Morgan fingerprint density at radius 2 is 2.09 bits per heavy atom. The van der Waals surface area contributed by atoms with E-state index in [0.717, 1.165) is 5.56 Å². The van der Waals surface area contributed by atoms with Gasteiger partial charge >= 0.3 is 0 Å². The molecule has 0 spiro atoms. The SMILES string of the molecule is O=C(NCCCO)[C@@H]1O[C@@H]2CN(Cc3ccccc3)C(=O)[C@H]1O2. The Morgan fingerprint density at radius 3 is 2.83 bits per heavy atom. The minimum atomic E-state index is -0.924. The molecule has 7 heteroatoms. The van der Waals surface area contributed by atoms with Crippen molar-refractivity contribution in [1.82, 2.24) is 10.2 Å². The first kappa shape index (κ1) is 15.9. The van der Waals surface area contributed by atoms with E-state index in [1.54, 1.807) is 4.90 Å². The molecule has 2 fully saturated rings. The summed E-state index contributed by atoms with van der Waals surface area (Å²) >= 11 is 0. The molecule has 7 nitrogen and oxygen atoms in total. The van der Waals surface area contributed by atoms with Gasteiger partial charge in [0.25, 0.3) is 11.8 Å². The number of nitrogens with zero attached hydrogens (tertiary/aromatic N) is 1. The van der Waals surface area contributed by atoms with Crippen LogP contribution in [0.3, 0.4) is 0 Å². The van der Waals surface area contributed by atoms with Crippen molar-refractivity contribution in [2.45, 2.75) is 31.5 Å². The molecule has 0 aliphatic carbocycles. The smallest absolute Gasteiger partial charge is 0.255 e. The largest absolute Gasteiger partial charge is 0.396 e. The molecule has 2 heterocycles. The van der Waals surface area contributed by atoms with E-state index in [0.29, 0.717) is 26.1 Å². The minimum Gasteiger partial charge on any atom is -0.396 e. The number of carbonyl (C=O) groups excluding carboxylic acids is 2. The first-order valence-electron chi connectivity index (χ1n) is 7.71. The number of amides is 2. The van der Waals surface area contributed by atoms with E-state index in [4.69, 9.17) is 14.6 Å². The highest BCUT2D eigenvalue weighted by Gasteiger charge is 2.50. The van der Waals surface area contributed by atoms with Gasteiger partial charge in [-0.05, 0) is 12.0 Å². The van der Waals surface area contributed by atoms with Crippen LogP contribution in [-0.4, -0.2) is 60.0 Å². The standard InChI is InChI=1S/C16H20N2O5/c19-8-4-7-17-15(20)13-14-16(21)18(10-12(22-13)23-14)9-11-5-2-1-3-6-11/h1-3,5-6,12-14,19H,4,7-10H2,(H,17,20)/t12-,13+,14-/m0/s1. The molecule has 2 amide bonds. The van der Waals surface area contributed by atoms with Crippen molar-refractivity contribution in [2.24, 2.45) is 0 Å². The molecular formula is C16H20N2O5. The van der Waals surface area contributed by atoms with Crippen molar-refractivity contribution in [3.8, 4) is 0 Å². The predicted molar refractivity (Wildman–Crippen MR) is 80.1 cm³/mol. The molecule has 2 bridgehead atoms. The average molecular weight is 320 g/mol. The molecule has 1 aromatic carbocycles. The third kappa shape index (κ3) is 3.52. The molecule has 2 saturated heterocycles. The van der Waals surface area contributed by atoms with E-state index in [2.05, 4.69) is 5.32 Å². The van der Waals surface area contributed by atoms with E-state index in [-0.39, 0.29) is 18.4 Å². The number of benzene rings is 1.